The molecule has 0 aliphatic carbocycles. The van der Waals surface area contributed by atoms with E-state index in [1.54, 1.807) is 6.20 Å². The maximum absolute atomic E-state index is 3.98. The highest BCUT2D eigenvalue weighted by atomic mass is 14.7. The minimum absolute atomic E-state index is 1.10. The van der Waals surface area contributed by atoms with Crippen molar-refractivity contribution in [3.05, 3.63) is 12.3 Å². The predicted molar refractivity (Wildman–Crippen MR) is 33.6 cm³/mol. The average Bonchev–Trinajstić information content (AvgIpc) is 1.61. The standard InChI is InChI=1S/C6H11N/c1-4-5-7-6(2)3/h4-5H,1-3H3/b5-4-. The van der Waals surface area contributed by atoms with E-state index in [4.69, 9.17) is 0 Å². The van der Waals surface area contributed by atoms with Crippen molar-refractivity contribution in [2.45, 2.75) is 20.8 Å². The zero-order valence-electron chi connectivity index (χ0n) is 5.10. The van der Waals surface area contributed by atoms with Crippen molar-refractivity contribution in [1.29, 1.82) is 0 Å². The van der Waals surface area contributed by atoms with Crippen LogP contribution in [0.1, 0.15) is 20.8 Å². The van der Waals surface area contributed by atoms with Crippen molar-refractivity contribution < 1.29 is 0 Å². The number of allylic oxidation sites excluding steroid dienone is 1. The van der Waals surface area contributed by atoms with Gasteiger partial charge in [-0.3, -0.25) is 4.99 Å². The van der Waals surface area contributed by atoms with Crippen molar-refractivity contribution in [2.75, 3.05) is 0 Å². The van der Waals surface area contributed by atoms with Gasteiger partial charge in [-0.15, -0.1) is 0 Å². The van der Waals surface area contributed by atoms with E-state index in [9.17, 15) is 0 Å². The Labute approximate surface area is 44.8 Å². The summed E-state index contributed by atoms with van der Waals surface area (Å²) in [5.74, 6) is 0. The topological polar surface area (TPSA) is 12.4 Å². The molecule has 0 bridgehead atoms. The molecular formula is C6H11N. The second-order valence-corrected chi connectivity index (χ2v) is 1.56. The number of hydrogen-bond acceptors (Lipinski definition) is 1. The summed E-state index contributed by atoms with van der Waals surface area (Å²) in [7, 11) is 0. The Morgan fingerprint density at radius 3 is 2.14 bits per heavy atom. The van der Waals surface area contributed by atoms with Gasteiger partial charge in [0.25, 0.3) is 0 Å². The van der Waals surface area contributed by atoms with Crippen LogP contribution in [-0.2, 0) is 0 Å². The Hall–Kier alpha value is -0.590. The Bertz CT molecular complexity index is 86.4. The molecule has 1 nitrogen and oxygen atoms in total. The SMILES string of the molecule is C/C=C\N=C(C)C. The van der Waals surface area contributed by atoms with Crippen LogP contribution in [-0.4, -0.2) is 5.71 Å². The van der Waals surface area contributed by atoms with Crippen molar-refractivity contribution in [3.8, 4) is 0 Å². The van der Waals surface area contributed by atoms with Crippen LogP contribution < -0.4 is 0 Å². The smallest absolute Gasteiger partial charge is 0.0224 e. The van der Waals surface area contributed by atoms with Crippen LogP contribution in [0, 0.1) is 0 Å². The van der Waals surface area contributed by atoms with Gasteiger partial charge in [-0.25, -0.2) is 0 Å². The zero-order chi connectivity index (χ0) is 5.70. The molecule has 0 heterocycles. The summed E-state index contributed by atoms with van der Waals surface area (Å²) in [4.78, 5) is 3.98. The Balaban J connectivity index is 3.46. The Morgan fingerprint density at radius 1 is 1.43 bits per heavy atom. The van der Waals surface area contributed by atoms with Crippen molar-refractivity contribution in [3.63, 3.8) is 0 Å². The first-order chi connectivity index (χ1) is 3.27. The van der Waals surface area contributed by atoms with E-state index in [0.29, 0.717) is 0 Å². The van der Waals surface area contributed by atoms with E-state index in [-0.39, 0.29) is 0 Å². The second kappa shape index (κ2) is 3.59. The number of aliphatic imine (C=N–C) groups is 1. The Morgan fingerprint density at radius 2 is 2.00 bits per heavy atom. The molecule has 0 saturated heterocycles. The highest BCUT2D eigenvalue weighted by Crippen LogP contribution is 1.75. The summed E-state index contributed by atoms with van der Waals surface area (Å²) in [6.45, 7) is 5.90. The molecule has 0 aromatic heterocycles. The molecule has 0 spiro atoms. The molecule has 0 radical (unpaired) electrons. The van der Waals surface area contributed by atoms with Crippen molar-refractivity contribution >= 4 is 5.71 Å². The summed E-state index contributed by atoms with van der Waals surface area (Å²) < 4.78 is 0. The minimum atomic E-state index is 1.10. The van der Waals surface area contributed by atoms with Crippen LogP contribution >= 0.6 is 0 Å². The summed E-state index contributed by atoms with van der Waals surface area (Å²) in [5.41, 5.74) is 1.10. The van der Waals surface area contributed by atoms with Gasteiger partial charge in [0.15, 0.2) is 0 Å². The van der Waals surface area contributed by atoms with E-state index in [0.717, 1.165) is 5.71 Å². The van der Waals surface area contributed by atoms with E-state index in [1.807, 2.05) is 26.8 Å². The first kappa shape index (κ1) is 6.41. The molecule has 0 fully saturated rings. The first-order valence-electron chi connectivity index (χ1n) is 2.39. The maximum Gasteiger partial charge on any atom is 0.0224 e. The molecule has 0 aliphatic heterocycles. The number of rotatable bonds is 1. The highest BCUT2D eigenvalue weighted by Gasteiger charge is 1.66. The van der Waals surface area contributed by atoms with Gasteiger partial charge < -0.3 is 0 Å². The lowest BCUT2D eigenvalue weighted by atomic mass is 10.5. The van der Waals surface area contributed by atoms with Gasteiger partial charge in [0.1, 0.15) is 0 Å². The first-order valence-corrected chi connectivity index (χ1v) is 2.39. The van der Waals surface area contributed by atoms with E-state index in [2.05, 4.69) is 4.99 Å². The van der Waals surface area contributed by atoms with Crippen LogP contribution in [0.15, 0.2) is 17.3 Å². The zero-order valence-corrected chi connectivity index (χ0v) is 5.10. The van der Waals surface area contributed by atoms with Gasteiger partial charge in [0, 0.05) is 11.9 Å². The Kier molecular flexibility index (Phi) is 3.29. The molecule has 7 heavy (non-hydrogen) atoms. The van der Waals surface area contributed by atoms with Crippen molar-refractivity contribution in [1.82, 2.24) is 0 Å². The molecule has 0 saturated carbocycles. The third-order valence-corrected chi connectivity index (χ3v) is 0.482. The van der Waals surface area contributed by atoms with Crippen LogP contribution in [0.25, 0.3) is 0 Å². The van der Waals surface area contributed by atoms with Crippen LogP contribution in [0.5, 0.6) is 0 Å². The summed E-state index contributed by atoms with van der Waals surface area (Å²) in [6.07, 6.45) is 3.70. The van der Waals surface area contributed by atoms with E-state index < -0.39 is 0 Å². The molecule has 0 aromatic rings. The largest absolute Gasteiger partial charge is 0.267 e. The fourth-order valence-corrected chi connectivity index (χ4v) is 0.224. The normalized spacial score (nSPS) is 9.57. The van der Waals surface area contributed by atoms with Gasteiger partial charge in [0.2, 0.25) is 0 Å². The predicted octanol–water partition coefficient (Wildman–Crippen LogP) is 2.00. The second-order valence-electron chi connectivity index (χ2n) is 1.56. The molecule has 0 unspecified atom stereocenters. The van der Waals surface area contributed by atoms with Gasteiger partial charge in [-0.1, -0.05) is 6.08 Å². The van der Waals surface area contributed by atoms with Gasteiger partial charge in [-0.2, -0.15) is 0 Å². The molecule has 0 rings (SSSR count). The molecule has 40 valence electrons. The third-order valence-electron chi connectivity index (χ3n) is 0.482. The third kappa shape index (κ3) is 5.41. The lowest BCUT2D eigenvalue weighted by Crippen LogP contribution is -1.74. The minimum Gasteiger partial charge on any atom is -0.267 e. The summed E-state index contributed by atoms with van der Waals surface area (Å²) in [6, 6.07) is 0. The molecule has 0 aromatic carbocycles. The molecule has 0 N–H and O–H groups in total. The average molecular weight is 97.2 g/mol. The number of nitrogens with zero attached hydrogens (tertiary/aromatic N) is 1. The van der Waals surface area contributed by atoms with Crippen LogP contribution in [0.2, 0.25) is 0 Å². The summed E-state index contributed by atoms with van der Waals surface area (Å²) >= 11 is 0. The quantitative estimate of drug-likeness (QED) is 0.444. The summed E-state index contributed by atoms with van der Waals surface area (Å²) in [5, 5.41) is 0. The molecule has 0 atom stereocenters. The fourth-order valence-electron chi connectivity index (χ4n) is 0.224. The molecular weight excluding hydrogens is 86.1 g/mol. The van der Waals surface area contributed by atoms with Gasteiger partial charge in [0.05, 0.1) is 0 Å². The highest BCUT2D eigenvalue weighted by molar-refractivity contribution is 5.79. The molecule has 0 aliphatic rings. The van der Waals surface area contributed by atoms with Gasteiger partial charge in [-0.05, 0) is 20.8 Å². The monoisotopic (exact) mass is 97.1 g/mol. The van der Waals surface area contributed by atoms with Gasteiger partial charge >= 0.3 is 0 Å². The molecule has 0 amide bonds. The van der Waals surface area contributed by atoms with E-state index in [1.165, 1.54) is 0 Å². The fraction of sp³-hybridized carbons (Fsp3) is 0.500. The lowest BCUT2D eigenvalue weighted by molar-refractivity contribution is 1.48. The van der Waals surface area contributed by atoms with Crippen LogP contribution in [0.3, 0.4) is 0 Å². The molecule has 1 heteroatoms. The van der Waals surface area contributed by atoms with Crippen molar-refractivity contribution in [2.24, 2.45) is 4.99 Å². The number of hydrogen-bond donors (Lipinski definition) is 0. The van der Waals surface area contributed by atoms with Crippen LogP contribution in [0.4, 0.5) is 0 Å². The lowest BCUT2D eigenvalue weighted by Gasteiger charge is -1.78. The van der Waals surface area contributed by atoms with E-state index >= 15 is 0 Å². The maximum atomic E-state index is 3.98.